The van der Waals surface area contributed by atoms with Gasteiger partial charge in [-0.1, -0.05) is 20.8 Å². The zero-order valence-corrected chi connectivity index (χ0v) is 9.82. The molecule has 2 heteroatoms. The molecule has 0 spiro atoms. The highest BCUT2D eigenvalue weighted by Crippen LogP contribution is 2.55. The summed E-state index contributed by atoms with van der Waals surface area (Å²) in [6.07, 6.45) is 3.96. The van der Waals surface area contributed by atoms with Crippen molar-refractivity contribution in [2.45, 2.75) is 40.0 Å². The molecule has 1 aliphatic carbocycles. The van der Waals surface area contributed by atoms with E-state index >= 15 is 0 Å². The molecule has 3 atom stereocenters. The molecule has 0 amide bonds. The Morgan fingerprint density at radius 3 is 1.93 bits per heavy atom. The summed E-state index contributed by atoms with van der Waals surface area (Å²) in [4.78, 5) is 0. The fourth-order valence-electron chi connectivity index (χ4n) is 4.34. The molecule has 0 aromatic heterocycles. The van der Waals surface area contributed by atoms with Crippen molar-refractivity contribution in [1.29, 1.82) is 0 Å². The van der Waals surface area contributed by atoms with Gasteiger partial charge in [-0.25, -0.2) is 0 Å². The van der Waals surface area contributed by atoms with Gasteiger partial charge in [-0.15, -0.1) is 0 Å². The van der Waals surface area contributed by atoms with E-state index in [9.17, 15) is 0 Å². The maximum absolute atomic E-state index is 5.94. The van der Waals surface area contributed by atoms with Crippen LogP contribution in [-0.4, -0.2) is 19.6 Å². The largest absolute Gasteiger partial charge is 0.330 e. The van der Waals surface area contributed by atoms with Gasteiger partial charge in [0.1, 0.15) is 0 Å². The molecule has 0 aromatic carbocycles. The fraction of sp³-hybridized carbons (Fsp3) is 1.00. The highest BCUT2D eigenvalue weighted by Gasteiger charge is 2.50. The molecule has 1 unspecified atom stereocenters. The van der Waals surface area contributed by atoms with E-state index in [4.69, 9.17) is 5.73 Å². The van der Waals surface area contributed by atoms with E-state index in [1.807, 2.05) is 0 Å². The molecule has 1 heterocycles. The lowest BCUT2D eigenvalue weighted by molar-refractivity contribution is -0.0332. The third-order valence-electron chi connectivity index (χ3n) is 4.16. The maximum Gasteiger partial charge on any atom is 0.000581 e. The van der Waals surface area contributed by atoms with Gasteiger partial charge < -0.3 is 11.1 Å². The van der Waals surface area contributed by atoms with Crippen LogP contribution in [0.2, 0.25) is 0 Å². The molecule has 0 radical (unpaired) electrons. The van der Waals surface area contributed by atoms with Gasteiger partial charge in [-0.05, 0) is 42.1 Å². The van der Waals surface area contributed by atoms with Crippen molar-refractivity contribution in [3.05, 3.63) is 0 Å². The quantitative estimate of drug-likeness (QED) is 0.670. The molecule has 1 saturated carbocycles. The smallest absolute Gasteiger partial charge is 0.000581 e. The van der Waals surface area contributed by atoms with Crippen LogP contribution in [-0.2, 0) is 0 Å². The minimum atomic E-state index is 0.379. The number of rotatable bonds is 1. The number of nitrogens with two attached hydrogens (primary N) is 1. The predicted molar refractivity (Wildman–Crippen MR) is 60.1 cm³/mol. The molecule has 2 rings (SSSR count). The third-order valence-corrected chi connectivity index (χ3v) is 4.16. The van der Waals surface area contributed by atoms with Crippen molar-refractivity contribution in [3.8, 4) is 0 Å². The standard InChI is InChI=1S/C12H24N2/c1-10(7-13)4-11(2)6-12(3,5-10)9-14-8-11/h14H,4-9,13H2,1-3H3/t10?,11-,12+. The Balaban J connectivity index is 2.25. The number of nitrogens with one attached hydrogen (secondary N) is 1. The van der Waals surface area contributed by atoms with Crippen LogP contribution in [0.25, 0.3) is 0 Å². The fourth-order valence-corrected chi connectivity index (χ4v) is 4.34. The molecular weight excluding hydrogens is 172 g/mol. The van der Waals surface area contributed by atoms with Gasteiger partial charge in [0.2, 0.25) is 0 Å². The van der Waals surface area contributed by atoms with Crippen LogP contribution in [0.1, 0.15) is 40.0 Å². The Bertz CT molecular complexity index is 216. The summed E-state index contributed by atoms with van der Waals surface area (Å²) in [5, 5.41) is 3.59. The van der Waals surface area contributed by atoms with Crippen LogP contribution in [0.5, 0.6) is 0 Å². The molecule has 2 aliphatic rings. The van der Waals surface area contributed by atoms with Crippen molar-refractivity contribution in [2.75, 3.05) is 19.6 Å². The Labute approximate surface area is 87.6 Å². The average Bonchev–Trinajstić information content (AvgIpc) is 1.99. The number of piperidine rings is 1. The first-order valence-corrected chi connectivity index (χ1v) is 5.80. The van der Waals surface area contributed by atoms with Crippen LogP contribution in [0, 0.1) is 16.2 Å². The predicted octanol–water partition coefficient (Wildman–Crippen LogP) is 1.75. The molecule has 14 heavy (non-hydrogen) atoms. The number of hydrogen-bond acceptors (Lipinski definition) is 2. The van der Waals surface area contributed by atoms with Gasteiger partial charge in [0.05, 0.1) is 0 Å². The second kappa shape index (κ2) is 2.96. The highest BCUT2D eigenvalue weighted by atomic mass is 14.9. The minimum Gasteiger partial charge on any atom is -0.330 e. The van der Waals surface area contributed by atoms with Gasteiger partial charge >= 0.3 is 0 Å². The second-order valence-corrected chi connectivity index (χ2v) is 6.77. The molecule has 2 bridgehead atoms. The Hall–Kier alpha value is -0.0800. The molecule has 82 valence electrons. The summed E-state index contributed by atoms with van der Waals surface area (Å²) in [5.41, 5.74) is 7.29. The van der Waals surface area contributed by atoms with Crippen LogP contribution >= 0.6 is 0 Å². The number of hydrogen-bond donors (Lipinski definition) is 2. The first kappa shape index (κ1) is 10.4. The normalized spacial score (nSPS) is 53.1. The van der Waals surface area contributed by atoms with Crippen LogP contribution in [0.15, 0.2) is 0 Å². The zero-order valence-electron chi connectivity index (χ0n) is 9.82. The summed E-state index contributed by atoms with van der Waals surface area (Å²) in [6, 6.07) is 0. The van der Waals surface area contributed by atoms with Crippen molar-refractivity contribution in [3.63, 3.8) is 0 Å². The van der Waals surface area contributed by atoms with Crippen molar-refractivity contribution < 1.29 is 0 Å². The van der Waals surface area contributed by atoms with E-state index in [2.05, 4.69) is 26.1 Å². The van der Waals surface area contributed by atoms with E-state index in [0.29, 0.717) is 16.2 Å². The second-order valence-electron chi connectivity index (χ2n) is 6.77. The van der Waals surface area contributed by atoms with Crippen LogP contribution < -0.4 is 11.1 Å². The Kier molecular flexibility index (Phi) is 2.20. The topological polar surface area (TPSA) is 38.0 Å². The van der Waals surface area contributed by atoms with Crippen molar-refractivity contribution in [2.24, 2.45) is 22.0 Å². The third kappa shape index (κ3) is 1.70. The Morgan fingerprint density at radius 2 is 1.50 bits per heavy atom. The van der Waals surface area contributed by atoms with Gasteiger partial charge in [-0.2, -0.15) is 0 Å². The molecule has 1 saturated heterocycles. The lowest BCUT2D eigenvalue weighted by atomic mass is 9.53. The van der Waals surface area contributed by atoms with Crippen LogP contribution in [0.4, 0.5) is 0 Å². The molecule has 0 aromatic rings. The van der Waals surface area contributed by atoms with E-state index in [1.54, 1.807) is 0 Å². The lowest BCUT2D eigenvalue weighted by Crippen LogP contribution is -2.56. The first-order chi connectivity index (χ1) is 6.39. The van der Waals surface area contributed by atoms with E-state index < -0.39 is 0 Å². The minimum absolute atomic E-state index is 0.379. The highest BCUT2D eigenvalue weighted by molar-refractivity contribution is 5.03. The summed E-state index contributed by atoms with van der Waals surface area (Å²) < 4.78 is 0. The number of fused-ring (bicyclic) bond motifs is 2. The summed E-state index contributed by atoms with van der Waals surface area (Å²) >= 11 is 0. The van der Waals surface area contributed by atoms with Gasteiger partial charge in [0.15, 0.2) is 0 Å². The van der Waals surface area contributed by atoms with E-state index in [-0.39, 0.29) is 0 Å². The van der Waals surface area contributed by atoms with E-state index in [1.165, 1.54) is 32.4 Å². The van der Waals surface area contributed by atoms with Crippen molar-refractivity contribution >= 4 is 0 Å². The van der Waals surface area contributed by atoms with Gasteiger partial charge in [0.25, 0.3) is 0 Å². The summed E-state index contributed by atoms with van der Waals surface area (Å²) in [6.45, 7) is 10.4. The Morgan fingerprint density at radius 1 is 1.00 bits per heavy atom. The summed E-state index contributed by atoms with van der Waals surface area (Å²) in [5.74, 6) is 0. The van der Waals surface area contributed by atoms with Gasteiger partial charge in [0, 0.05) is 13.1 Å². The van der Waals surface area contributed by atoms with Crippen molar-refractivity contribution in [1.82, 2.24) is 5.32 Å². The maximum atomic E-state index is 5.94. The van der Waals surface area contributed by atoms with E-state index in [0.717, 1.165) is 6.54 Å². The molecule has 1 aliphatic heterocycles. The molecule has 3 N–H and O–H groups in total. The molecule has 2 nitrogen and oxygen atoms in total. The zero-order chi connectivity index (χ0) is 10.4. The monoisotopic (exact) mass is 196 g/mol. The van der Waals surface area contributed by atoms with Gasteiger partial charge in [-0.3, -0.25) is 0 Å². The van der Waals surface area contributed by atoms with Crippen LogP contribution in [0.3, 0.4) is 0 Å². The molecular formula is C12H24N2. The average molecular weight is 196 g/mol. The molecule has 2 fully saturated rings. The first-order valence-electron chi connectivity index (χ1n) is 5.80. The SMILES string of the molecule is CC1(CN)C[C@]2(C)CNC[C@](C)(C1)C2. The lowest BCUT2D eigenvalue weighted by Gasteiger charge is -2.56. The summed E-state index contributed by atoms with van der Waals surface area (Å²) in [7, 11) is 0.